The van der Waals surface area contributed by atoms with Gasteiger partial charge in [0.15, 0.2) is 0 Å². The minimum Gasteiger partial charge on any atom is -0.380 e. The Labute approximate surface area is 115 Å². The predicted octanol–water partition coefficient (Wildman–Crippen LogP) is 2.17. The predicted molar refractivity (Wildman–Crippen MR) is 71.7 cm³/mol. The molecule has 1 aromatic rings. The van der Waals surface area contributed by atoms with Crippen molar-refractivity contribution < 1.29 is 14.2 Å². The van der Waals surface area contributed by atoms with Gasteiger partial charge in [-0.2, -0.15) is 0 Å². The van der Waals surface area contributed by atoms with E-state index >= 15 is 0 Å². The highest BCUT2D eigenvalue weighted by molar-refractivity contribution is 4.94. The summed E-state index contributed by atoms with van der Waals surface area (Å²) in [6.45, 7) is 9.32. The molecule has 0 radical (unpaired) electrons. The second-order valence-electron chi connectivity index (χ2n) is 4.12. The molecule has 0 aliphatic rings. The zero-order valence-corrected chi connectivity index (χ0v) is 12.2. The van der Waals surface area contributed by atoms with Gasteiger partial charge in [-0.15, -0.1) is 5.10 Å². The maximum atomic E-state index is 5.49. The first-order valence-corrected chi connectivity index (χ1v) is 7.02. The quantitative estimate of drug-likeness (QED) is 0.456. The minimum absolute atomic E-state index is 0.426. The molecule has 0 bridgehead atoms. The summed E-state index contributed by atoms with van der Waals surface area (Å²) in [6, 6.07) is 0. The van der Waals surface area contributed by atoms with Crippen LogP contribution in [0.3, 0.4) is 0 Å². The lowest BCUT2D eigenvalue weighted by atomic mass is 10.4. The van der Waals surface area contributed by atoms with Gasteiger partial charge in [0, 0.05) is 19.8 Å². The molecule has 0 atom stereocenters. The zero-order chi connectivity index (χ0) is 13.9. The third kappa shape index (κ3) is 6.13. The summed E-state index contributed by atoms with van der Waals surface area (Å²) in [5.41, 5.74) is 0.706. The van der Waals surface area contributed by atoms with Crippen LogP contribution < -0.4 is 0 Å². The van der Waals surface area contributed by atoms with Gasteiger partial charge in [0.05, 0.1) is 19.3 Å². The Morgan fingerprint density at radius 2 is 1.89 bits per heavy atom. The van der Waals surface area contributed by atoms with E-state index in [9.17, 15) is 0 Å². The van der Waals surface area contributed by atoms with E-state index in [0.29, 0.717) is 32.1 Å². The van der Waals surface area contributed by atoms with Gasteiger partial charge in [0.1, 0.15) is 5.69 Å². The van der Waals surface area contributed by atoms with Crippen LogP contribution >= 0.6 is 0 Å². The third-order valence-electron chi connectivity index (χ3n) is 2.54. The zero-order valence-electron chi connectivity index (χ0n) is 12.2. The second-order valence-corrected chi connectivity index (χ2v) is 4.12. The number of aromatic nitrogens is 3. The molecule has 6 heteroatoms. The van der Waals surface area contributed by atoms with Crippen LogP contribution in [0, 0.1) is 0 Å². The van der Waals surface area contributed by atoms with Crippen molar-refractivity contribution in [2.45, 2.75) is 46.4 Å². The lowest BCUT2D eigenvalue weighted by Gasteiger charge is -2.13. The fourth-order valence-electron chi connectivity index (χ4n) is 1.56. The van der Waals surface area contributed by atoms with E-state index in [1.54, 1.807) is 4.68 Å². The lowest BCUT2D eigenvalue weighted by molar-refractivity contribution is -0.142. The molecule has 0 aliphatic carbocycles. The van der Waals surface area contributed by atoms with Crippen molar-refractivity contribution >= 4 is 0 Å². The van der Waals surface area contributed by atoms with Crippen LogP contribution in [-0.2, 0) is 20.8 Å². The highest BCUT2D eigenvalue weighted by atomic mass is 16.7. The highest BCUT2D eigenvalue weighted by Crippen LogP contribution is 2.15. The first-order chi connectivity index (χ1) is 9.31. The van der Waals surface area contributed by atoms with Gasteiger partial charge in [-0.3, -0.25) is 0 Å². The van der Waals surface area contributed by atoms with Gasteiger partial charge in [0.25, 0.3) is 0 Å². The molecule has 1 aromatic heterocycles. The summed E-state index contributed by atoms with van der Waals surface area (Å²) in [5.74, 6) is 0. The molecule has 0 aliphatic heterocycles. The van der Waals surface area contributed by atoms with Crippen molar-refractivity contribution in [3.8, 4) is 0 Å². The molecule has 0 amide bonds. The third-order valence-corrected chi connectivity index (χ3v) is 2.54. The van der Waals surface area contributed by atoms with Gasteiger partial charge in [0.2, 0.25) is 6.29 Å². The number of unbranched alkanes of at least 4 members (excludes halogenated alkanes) is 1. The SMILES string of the molecule is CCCCOCCn1cc(C(OCC)OCC)nn1. The first kappa shape index (κ1) is 16.1. The average Bonchev–Trinajstić information content (AvgIpc) is 2.87. The fourth-order valence-corrected chi connectivity index (χ4v) is 1.56. The number of nitrogens with zero attached hydrogens (tertiary/aromatic N) is 3. The van der Waals surface area contributed by atoms with Crippen LogP contribution in [0.1, 0.15) is 45.6 Å². The second kappa shape index (κ2) is 9.89. The molecule has 0 unspecified atom stereocenters. The lowest BCUT2D eigenvalue weighted by Crippen LogP contribution is -2.09. The van der Waals surface area contributed by atoms with E-state index in [2.05, 4.69) is 17.2 Å². The molecule has 0 saturated heterocycles. The molecule has 0 fully saturated rings. The van der Waals surface area contributed by atoms with Gasteiger partial charge < -0.3 is 14.2 Å². The van der Waals surface area contributed by atoms with Crippen LogP contribution in [0.25, 0.3) is 0 Å². The van der Waals surface area contributed by atoms with Crippen LogP contribution in [0.2, 0.25) is 0 Å². The first-order valence-electron chi connectivity index (χ1n) is 7.02. The van der Waals surface area contributed by atoms with Crippen molar-refractivity contribution in [1.82, 2.24) is 15.0 Å². The topological polar surface area (TPSA) is 58.4 Å². The number of hydrogen-bond donors (Lipinski definition) is 0. The molecule has 0 spiro atoms. The Morgan fingerprint density at radius 1 is 1.16 bits per heavy atom. The smallest absolute Gasteiger partial charge is 0.204 e. The van der Waals surface area contributed by atoms with Gasteiger partial charge >= 0.3 is 0 Å². The Morgan fingerprint density at radius 3 is 2.53 bits per heavy atom. The van der Waals surface area contributed by atoms with Gasteiger partial charge in [-0.1, -0.05) is 18.6 Å². The number of rotatable bonds is 11. The molecule has 0 N–H and O–H groups in total. The van der Waals surface area contributed by atoms with Crippen LogP contribution in [0.5, 0.6) is 0 Å². The Balaban J connectivity index is 2.37. The largest absolute Gasteiger partial charge is 0.380 e. The molecular formula is C13H25N3O3. The number of hydrogen-bond acceptors (Lipinski definition) is 5. The van der Waals surface area contributed by atoms with Gasteiger partial charge in [-0.05, 0) is 20.3 Å². The molecule has 6 nitrogen and oxygen atoms in total. The van der Waals surface area contributed by atoms with E-state index in [0.717, 1.165) is 19.4 Å². The van der Waals surface area contributed by atoms with E-state index in [4.69, 9.17) is 14.2 Å². The number of ether oxygens (including phenoxy) is 3. The molecule has 0 aromatic carbocycles. The molecule has 1 rings (SSSR count). The van der Waals surface area contributed by atoms with Crippen LogP contribution in [0.4, 0.5) is 0 Å². The molecular weight excluding hydrogens is 246 g/mol. The summed E-state index contributed by atoms with van der Waals surface area (Å²) >= 11 is 0. The fraction of sp³-hybridized carbons (Fsp3) is 0.846. The molecule has 19 heavy (non-hydrogen) atoms. The standard InChI is InChI=1S/C13H25N3O3/c1-4-7-9-17-10-8-16-11-12(14-15-16)13(18-5-2)19-6-3/h11,13H,4-10H2,1-3H3. The van der Waals surface area contributed by atoms with Crippen LogP contribution in [-0.4, -0.2) is 41.4 Å². The van der Waals surface area contributed by atoms with Gasteiger partial charge in [-0.25, -0.2) is 4.68 Å². The van der Waals surface area contributed by atoms with E-state index in [1.807, 2.05) is 20.0 Å². The Bertz CT molecular complexity index is 325. The minimum atomic E-state index is -0.426. The monoisotopic (exact) mass is 271 g/mol. The van der Waals surface area contributed by atoms with Crippen molar-refractivity contribution in [1.29, 1.82) is 0 Å². The molecule has 0 saturated carbocycles. The summed E-state index contributed by atoms with van der Waals surface area (Å²) in [6.07, 6.45) is 3.67. The maximum Gasteiger partial charge on any atom is 0.204 e. The maximum absolute atomic E-state index is 5.49. The van der Waals surface area contributed by atoms with Crippen molar-refractivity contribution in [3.63, 3.8) is 0 Å². The van der Waals surface area contributed by atoms with E-state index < -0.39 is 6.29 Å². The van der Waals surface area contributed by atoms with Crippen LogP contribution in [0.15, 0.2) is 6.20 Å². The summed E-state index contributed by atoms with van der Waals surface area (Å²) in [5, 5.41) is 8.12. The summed E-state index contributed by atoms with van der Waals surface area (Å²) in [7, 11) is 0. The summed E-state index contributed by atoms with van der Waals surface area (Å²) < 4.78 is 18.2. The van der Waals surface area contributed by atoms with Crippen molar-refractivity contribution in [3.05, 3.63) is 11.9 Å². The van der Waals surface area contributed by atoms with E-state index in [1.165, 1.54) is 0 Å². The summed E-state index contributed by atoms with van der Waals surface area (Å²) in [4.78, 5) is 0. The van der Waals surface area contributed by atoms with E-state index in [-0.39, 0.29) is 0 Å². The van der Waals surface area contributed by atoms with Crippen molar-refractivity contribution in [2.75, 3.05) is 26.4 Å². The molecule has 1 heterocycles. The highest BCUT2D eigenvalue weighted by Gasteiger charge is 2.15. The normalized spacial score (nSPS) is 11.4. The Kier molecular flexibility index (Phi) is 8.36. The Hall–Kier alpha value is -0.980. The van der Waals surface area contributed by atoms with Crippen molar-refractivity contribution in [2.24, 2.45) is 0 Å². The average molecular weight is 271 g/mol. The molecule has 110 valence electrons.